The summed E-state index contributed by atoms with van der Waals surface area (Å²) >= 11 is 0. The Hall–Kier alpha value is -1.90. The van der Waals surface area contributed by atoms with Crippen molar-refractivity contribution in [3.63, 3.8) is 0 Å². The molecule has 0 unspecified atom stereocenters. The van der Waals surface area contributed by atoms with Crippen LogP contribution in [0.1, 0.15) is 17.5 Å². The summed E-state index contributed by atoms with van der Waals surface area (Å²) in [5.41, 5.74) is 4.06. The third kappa shape index (κ3) is 2.21. The first-order valence-corrected chi connectivity index (χ1v) is 6.48. The van der Waals surface area contributed by atoms with Crippen molar-refractivity contribution in [2.75, 3.05) is 11.9 Å². The first kappa shape index (κ1) is 12.2. The molecule has 98 valence electrons. The van der Waals surface area contributed by atoms with Gasteiger partial charge in [0, 0.05) is 23.9 Å². The molecule has 19 heavy (non-hydrogen) atoms. The van der Waals surface area contributed by atoms with Crippen LogP contribution in [0.4, 0.5) is 14.5 Å². The van der Waals surface area contributed by atoms with Crippen molar-refractivity contribution in [3.8, 4) is 11.1 Å². The molecule has 3 heteroatoms. The van der Waals surface area contributed by atoms with Crippen molar-refractivity contribution in [2.45, 2.75) is 19.8 Å². The molecular formula is C16H15F2N. The molecule has 0 spiro atoms. The Labute approximate surface area is 111 Å². The zero-order valence-electron chi connectivity index (χ0n) is 10.8. The summed E-state index contributed by atoms with van der Waals surface area (Å²) in [5.74, 6) is -1.01. The summed E-state index contributed by atoms with van der Waals surface area (Å²) in [6.07, 6.45) is 2.08. The quantitative estimate of drug-likeness (QED) is 0.805. The highest BCUT2D eigenvalue weighted by atomic mass is 19.1. The Bertz CT molecular complexity index is 635. The number of hydrogen-bond acceptors (Lipinski definition) is 1. The zero-order valence-corrected chi connectivity index (χ0v) is 10.8. The molecule has 1 heterocycles. The van der Waals surface area contributed by atoms with Crippen molar-refractivity contribution in [2.24, 2.45) is 0 Å². The number of nitrogens with one attached hydrogen (secondary N) is 1. The Morgan fingerprint density at radius 3 is 2.74 bits per heavy atom. The Kier molecular flexibility index (Phi) is 2.97. The monoisotopic (exact) mass is 259 g/mol. The van der Waals surface area contributed by atoms with Crippen LogP contribution in [-0.2, 0) is 6.42 Å². The Balaban J connectivity index is 2.09. The molecule has 0 fully saturated rings. The summed E-state index contributed by atoms with van der Waals surface area (Å²) in [4.78, 5) is 0. The van der Waals surface area contributed by atoms with E-state index in [-0.39, 0.29) is 0 Å². The fourth-order valence-electron chi connectivity index (χ4n) is 2.52. The number of benzene rings is 2. The van der Waals surface area contributed by atoms with E-state index in [1.807, 2.05) is 18.2 Å². The average molecular weight is 259 g/mol. The highest BCUT2D eigenvalue weighted by Crippen LogP contribution is 2.30. The topological polar surface area (TPSA) is 12.0 Å². The van der Waals surface area contributed by atoms with Gasteiger partial charge in [0.05, 0.1) is 0 Å². The van der Waals surface area contributed by atoms with Gasteiger partial charge in [0.15, 0.2) is 0 Å². The molecule has 1 N–H and O–H groups in total. The summed E-state index contributed by atoms with van der Waals surface area (Å²) < 4.78 is 27.2. The Morgan fingerprint density at radius 1 is 1.05 bits per heavy atom. The van der Waals surface area contributed by atoms with Gasteiger partial charge in [-0.3, -0.25) is 0 Å². The van der Waals surface area contributed by atoms with Crippen LogP contribution in [0.2, 0.25) is 0 Å². The molecule has 0 saturated heterocycles. The fraction of sp³-hybridized carbons (Fsp3) is 0.250. The smallest absolute Gasteiger partial charge is 0.133 e. The summed E-state index contributed by atoms with van der Waals surface area (Å²) in [6.45, 7) is 2.63. The van der Waals surface area contributed by atoms with E-state index in [0.29, 0.717) is 11.1 Å². The van der Waals surface area contributed by atoms with Crippen LogP contribution in [0.25, 0.3) is 11.1 Å². The summed E-state index contributed by atoms with van der Waals surface area (Å²) in [5, 5.41) is 3.32. The van der Waals surface area contributed by atoms with E-state index in [2.05, 4.69) is 5.32 Å². The third-order valence-corrected chi connectivity index (χ3v) is 3.60. The molecular weight excluding hydrogens is 244 g/mol. The summed E-state index contributed by atoms with van der Waals surface area (Å²) in [6, 6.07) is 8.39. The van der Waals surface area contributed by atoms with Crippen LogP contribution < -0.4 is 5.32 Å². The SMILES string of the molecule is Cc1cc(-c2ccc3c(c2)CCCN3)c(F)cc1F. The van der Waals surface area contributed by atoms with Gasteiger partial charge in [0.25, 0.3) is 0 Å². The van der Waals surface area contributed by atoms with Crippen molar-refractivity contribution >= 4 is 5.69 Å². The van der Waals surface area contributed by atoms with Crippen LogP contribution in [0.15, 0.2) is 30.3 Å². The lowest BCUT2D eigenvalue weighted by molar-refractivity contribution is 0.579. The number of fused-ring (bicyclic) bond motifs is 1. The van der Waals surface area contributed by atoms with Gasteiger partial charge in [-0.15, -0.1) is 0 Å². The first-order valence-electron chi connectivity index (χ1n) is 6.48. The van der Waals surface area contributed by atoms with Crippen molar-refractivity contribution < 1.29 is 8.78 Å². The molecule has 2 aromatic carbocycles. The van der Waals surface area contributed by atoms with Crippen LogP contribution >= 0.6 is 0 Å². The second-order valence-corrected chi connectivity index (χ2v) is 4.98. The zero-order chi connectivity index (χ0) is 13.4. The van der Waals surface area contributed by atoms with E-state index in [0.717, 1.165) is 36.7 Å². The van der Waals surface area contributed by atoms with Gasteiger partial charge in [-0.2, -0.15) is 0 Å². The number of rotatable bonds is 1. The lowest BCUT2D eigenvalue weighted by Gasteiger charge is -2.19. The van der Waals surface area contributed by atoms with E-state index in [1.54, 1.807) is 13.0 Å². The van der Waals surface area contributed by atoms with Gasteiger partial charge in [-0.1, -0.05) is 6.07 Å². The minimum atomic E-state index is -0.508. The van der Waals surface area contributed by atoms with E-state index >= 15 is 0 Å². The molecule has 0 radical (unpaired) electrons. The fourth-order valence-corrected chi connectivity index (χ4v) is 2.52. The van der Waals surface area contributed by atoms with E-state index < -0.39 is 11.6 Å². The van der Waals surface area contributed by atoms with E-state index in [9.17, 15) is 8.78 Å². The highest BCUT2D eigenvalue weighted by molar-refractivity contribution is 5.70. The second kappa shape index (κ2) is 4.65. The predicted octanol–water partition coefficient (Wildman–Crippen LogP) is 4.30. The van der Waals surface area contributed by atoms with Crippen LogP contribution in [0, 0.1) is 18.6 Å². The summed E-state index contributed by atoms with van der Waals surface area (Å²) in [7, 11) is 0. The Morgan fingerprint density at radius 2 is 1.89 bits per heavy atom. The largest absolute Gasteiger partial charge is 0.385 e. The lowest BCUT2D eigenvalue weighted by atomic mass is 9.96. The van der Waals surface area contributed by atoms with Gasteiger partial charge in [0.1, 0.15) is 11.6 Å². The molecule has 0 aromatic heterocycles. The number of hydrogen-bond donors (Lipinski definition) is 1. The van der Waals surface area contributed by atoms with Crippen LogP contribution in [0.3, 0.4) is 0 Å². The van der Waals surface area contributed by atoms with E-state index in [1.165, 1.54) is 5.56 Å². The standard InChI is InChI=1S/C16H15F2N/c1-10-7-13(15(18)9-14(10)17)11-4-5-16-12(8-11)3-2-6-19-16/h4-5,7-9,19H,2-3,6H2,1H3. The third-order valence-electron chi connectivity index (χ3n) is 3.60. The lowest BCUT2D eigenvalue weighted by Crippen LogP contribution is -2.11. The average Bonchev–Trinajstić information content (AvgIpc) is 2.42. The molecule has 1 aliphatic heterocycles. The van der Waals surface area contributed by atoms with Gasteiger partial charge in [0.2, 0.25) is 0 Å². The maximum Gasteiger partial charge on any atom is 0.133 e. The van der Waals surface area contributed by atoms with Gasteiger partial charge in [-0.05, 0) is 54.7 Å². The first-order chi connectivity index (χ1) is 9.15. The van der Waals surface area contributed by atoms with Crippen molar-refractivity contribution in [1.29, 1.82) is 0 Å². The number of aryl methyl sites for hydroxylation is 2. The molecule has 0 atom stereocenters. The van der Waals surface area contributed by atoms with Crippen LogP contribution in [-0.4, -0.2) is 6.54 Å². The van der Waals surface area contributed by atoms with Gasteiger partial charge >= 0.3 is 0 Å². The predicted molar refractivity (Wildman–Crippen MR) is 73.3 cm³/mol. The highest BCUT2D eigenvalue weighted by Gasteiger charge is 2.13. The second-order valence-electron chi connectivity index (χ2n) is 4.98. The normalized spacial score (nSPS) is 13.8. The molecule has 1 aliphatic rings. The minimum Gasteiger partial charge on any atom is -0.385 e. The minimum absolute atomic E-state index is 0.465. The molecule has 0 aliphatic carbocycles. The van der Waals surface area contributed by atoms with Crippen molar-refractivity contribution in [3.05, 3.63) is 53.1 Å². The molecule has 0 amide bonds. The van der Waals surface area contributed by atoms with Crippen LogP contribution in [0.5, 0.6) is 0 Å². The van der Waals surface area contributed by atoms with Crippen molar-refractivity contribution in [1.82, 2.24) is 0 Å². The molecule has 0 saturated carbocycles. The maximum absolute atomic E-state index is 13.9. The number of anilines is 1. The molecule has 0 bridgehead atoms. The maximum atomic E-state index is 13.9. The van der Waals surface area contributed by atoms with E-state index in [4.69, 9.17) is 0 Å². The van der Waals surface area contributed by atoms with Gasteiger partial charge in [-0.25, -0.2) is 8.78 Å². The van der Waals surface area contributed by atoms with Gasteiger partial charge < -0.3 is 5.32 Å². The number of halogens is 2. The molecule has 3 rings (SSSR count). The molecule has 2 aromatic rings. The molecule has 1 nitrogen and oxygen atoms in total.